The van der Waals surface area contributed by atoms with Crippen LogP contribution in [0.25, 0.3) is 0 Å². The molecule has 1 aromatic rings. The van der Waals surface area contributed by atoms with Gasteiger partial charge in [-0.05, 0) is 43.9 Å². The van der Waals surface area contributed by atoms with Crippen molar-refractivity contribution in [2.75, 3.05) is 6.54 Å². The summed E-state index contributed by atoms with van der Waals surface area (Å²) < 4.78 is 0. The van der Waals surface area contributed by atoms with Crippen LogP contribution in [0.4, 0.5) is 0 Å². The van der Waals surface area contributed by atoms with Crippen LogP contribution in [0.1, 0.15) is 57.5 Å². The molecular weight excluding hydrogens is 266 g/mol. The minimum Gasteiger partial charge on any atom is -0.480 e. The molecule has 0 saturated heterocycles. The van der Waals surface area contributed by atoms with Crippen molar-refractivity contribution in [1.82, 2.24) is 4.90 Å². The van der Waals surface area contributed by atoms with Crippen LogP contribution in [0, 0.1) is 0 Å². The molecule has 4 heteroatoms. The molecule has 0 atom stereocenters. The highest BCUT2D eigenvalue weighted by Gasteiger charge is 2.37. The molecule has 0 bridgehead atoms. The number of hydrogen-bond acceptors (Lipinski definition) is 2. The van der Waals surface area contributed by atoms with E-state index in [1.165, 1.54) is 4.90 Å². The molecule has 1 rings (SSSR count). The first-order chi connectivity index (χ1) is 9.51. The van der Waals surface area contributed by atoms with Crippen molar-refractivity contribution < 1.29 is 14.7 Å². The van der Waals surface area contributed by atoms with E-state index >= 15 is 0 Å². The molecule has 0 unspecified atom stereocenters. The predicted molar refractivity (Wildman–Crippen MR) is 83.6 cm³/mol. The van der Waals surface area contributed by atoms with Crippen molar-refractivity contribution in [3.8, 4) is 0 Å². The maximum atomic E-state index is 12.6. The fourth-order valence-corrected chi connectivity index (χ4v) is 2.18. The first-order valence-corrected chi connectivity index (χ1v) is 7.17. The van der Waals surface area contributed by atoms with E-state index in [1.807, 2.05) is 12.1 Å². The van der Waals surface area contributed by atoms with Gasteiger partial charge < -0.3 is 10.0 Å². The lowest BCUT2D eigenvalue weighted by atomic mass is 9.86. The third-order valence-electron chi connectivity index (χ3n) is 3.76. The van der Waals surface area contributed by atoms with Crippen molar-refractivity contribution >= 4 is 11.9 Å². The first-order valence-electron chi connectivity index (χ1n) is 7.17. The number of amides is 1. The molecule has 0 spiro atoms. The van der Waals surface area contributed by atoms with Gasteiger partial charge in [0.15, 0.2) is 0 Å². The fraction of sp³-hybridized carbons (Fsp3) is 0.529. The molecule has 0 aromatic heterocycles. The topological polar surface area (TPSA) is 57.6 Å². The van der Waals surface area contributed by atoms with Crippen molar-refractivity contribution in [1.29, 1.82) is 0 Å². The van der Waals surface area contributed by atoms with Crippen LogP contribution in [0.3, 0.4) is 0 Å². The van der Waals surface area contributed by atoms with E-state index in [9.17, 15) is 14.7 Å². The lowest BCUT2D eigenvalue weighted by molar-refractivity contribution is -0.147. The highest BCUT2D eigenvalue weighted by Crippen LogP contribution is 2.24. The third-order valence-corrected chi connectivity index (χ3v) is 3.76. The molecule has 1 amide bonds. The lowest BCUT2D eigenvalue weighted by Gasteiger charge is -2.34. The molecule has 4 nitrogen and oxygen atoms in total. The van der Waals surface area contributed by atoms with Crippen LogP contribution in [-0.2, 0) is 10.2 Å². The van der Waals surface area contributed by atoms with Crippen molar-refractivity contribution in [3.05, 3.63) is 35.4 Å². The zero-order chi connectivity index (χ0) is 16.4. The van der Waals surface area contributed by atoms with E-state index in [4.69, 9.17) is 0 Å². The molecule has 0 aliphatic heterocycles. The second kappa shape index (κ2) is 5.88. The minimum absolute atomic E-state index is 0.0202. The summed E-state index contributed by atoms with van der Waals surface area (Å²) in [5.74, 6) is -1.27. The van der Waals surface area contributed by atoms with E-state index in [2.05, 4.69) is 20.8 Å². The second-order valence-electron chi connectivity index (χ2n) is 6.74. The van der Waals surface area contributed by atoms with Gasteiger partial charge in [-0.3, -0.25) is 4.79 Å². The summed E-state index contributed by atoms with van der Waals surface area (Å²) in [6.07, 6.45) is 0. The number of carboxylic acid groups (broad SMARTS) is 1. The summed E-state index contributed by atoms with van der Waals surface area (Å²) in [5, 5.41) is 9.30. The maximum Gasteiger partial charge on any atom is 0.329 e. The molecule has 1 N–H and O–H groups in total. The largest absolute Gasteiger partial charge is 0.480 e. The Morgan fingerprint density at radius 2 is 1.52 bits per heavy atom. The van der Waals surface area contributed by atoms with Gasteiger partial charge in [0.25, 0.3) is 5.91 Å². The summed E-state index contributed by atoms with van der Waals surface area (Å²) in [6.45, 7) is 11.5. The monoisotopic (exact) mass is 291 g/mol. The van der Waals surface area contributed by atoms with Crippen molar-refractivity contribution in [2.24, 2.45) is 0 Å². The SMILES string of the molecule is CCN(C(=O)c1ccc(C(C)(C)C)cc1)C(C)(C)C(=O)O. The average molecular weight is 291 g/mol. The molecule has 0 aliphatic rings. The van der Waals surface area contributed by atoms with Crippen molar-refractivity contribution in [3.63, 3.8) is 0 Å². The predicted octanol–water partition coefficient (Wildman–Crippen LogP) is 3.31. The Labute approximate surface area is 126 Å². The third kappa shape index (κ3) is 3.63. The van der Waals surface area contributed by atoms with Crippen molar-refractivity contribution in [2.45, 2.75) is 52.5 Å². The Morgan fingerprint density at radius 1 is 1.05 bits per heavy atom. The lowest BCUT2D eigenvalue weighted by Crippen LogP contribution is -2.52. The Bertz CT molecular complexity index is 524. The Balaban J connectivity index is 3.10. The molecular formula is C17H25NO3. The Kier molecular flexibility index (Phi) is 4.82. The minimum atomic E-state index is -1.23. The van der Waals surface area contributed by atoms with E-state index in [1.54, 1.807) is 32.9 Å². The number of benzene rings is 1. The van der Waals surface area contributed by atoms with Gasteiger partial charge in [0.05, 0.1) is 0 Å². The number of carboxylic acids is 1. The molecule has 0 fully saturated rings. The number of nitrogens with zero attached hydrogens (tertiary/aromatic N) is 1. The quantitative estimate of drug-likeness (QED) is 0.926. The van der Waals surface area contributed by atoms with Crippen LogP contribution < -0.4 is 0 Å². The van der Waals surface area contributed by atoms with Gasteiger partial charge in [-0.2, -0.15) is 0 Å². The van der Waals surface area contributed by atoms with Crippen LogP contribution in [0.15, 0.2) is 24.3 Å². The number of hydrogen-bond donors (Lipinski definition) is 1. The number of carbonyl (C=O) groups excluding carboxylic acids is 1. The van der Waals surface area contributed by atoms with E-state index in [0.29, 0.717) is 12.1 Å². The summed E-state index contributed by atoms with van der Waals surface area (Å²) in [4.78, 5) is 25.3. The summed E-state index contributed by atoms with van der Waals surface area (Å²) in [6, 6.07) is 7.39. The zero-order valence-electron chi connectivity index (χ0n) is 13.7. The zero-order valence-corrected chi connectivity index (χ0v) is 13.7. The van der Waals surface area contributed by atoms with E-state index < -0.39 is 11.5 Å². The molecule has 1 aromatic carbocycles. The van der Waals surface area contributed by atoms with Gasteiger partial charge in [-0.25, -0.2) is 4.79 Å². The number of rotatable bonds is 4. The number of aliphatic carboxylic acids is 1. The maximum absolute atomic E-state index is 12.6. The molecule has 0 saturated carbocycles. The van der Waals surface area contributed by atoms with Crippen LogP contribution in [0.2, 0.25) is 0 Å². The fourth-order valence-electron chi connectivity index (χ4n) is 2.18. The van der Waals surface area contributed by atoms with Gasteiger partial charge in [-0.15, -0.1) is 0 Å². The van der Waals surface area contributed by atoms with Gasteiger partial charge in [0.2, 0.25) is 0 Å². The van der Waals surface area contributed by atoms with Gasteiger partial charge in [-0.1, -0.05) is 32.9 Å². The van der Waals surface area contributed by atoms with E-state index in [0.717, 1.165) is 5.56 Å². The molecule has 21 heavy (non-hydrogen) atoms. The van der Waals surface area contributed by atoms with Gasteiger partial charge in [0, 0.05) is 12.1 Å². The molecule has 0 radical (unpaired) electrons. The summed E-state index contributed by atoms with van der Waals surface area (Å²) in [7, 11) is 0. The molecule has 116 valence electrons. The summed E-state index contributed by atoms with van der Waals surface area (Å²) in [5.41, 5.74) is 0.444. The Hall–Kier alpha value is -1.84. The smallest absolute Gasteiger partial charge is 0.329 e. The van der Waals surface area contributed by atoms with Gasteiger partial charge in [0.1, 0.15) is 5.54 Å². The average Bonchev–Trinajstić information content (AvgIpc) is 2.38. The van der Waals surface area contributed by atoms with E-state index in [-0.39, 0.29) is 11.3 Å². The molecule has 0 heterocycles. The highest BCUT2D eigenvalue weighted by atomic mass is 16.4. The van der Waals surface area contributed by atoms with Crippen LogP contribution >= 0.6 is 0 Å². The second-order valence-corrected chi connectivity index (χ2v) is 6.74. The standard InChI is InChI=1S/C17H25NO3/c1-7-18(17(5,6)15(20)21)14(19)12-8-10-13(11-9-12)16(2,3)4/h8-11H,7H2,1-6H3,(H,20,21). The van der Waals surface area contributed by atoms with Gasteiger partial charge >= 0.3 is 5.97 Å². The number of carbonyl (C=O) groups is 2. The first kappa shape index (κ1) is 17.2. The van der Waals surface area contributed by atoms with Crippen LogP contribution in [0.5, 0.6) is 0 Å². The highest BCUT2D eigenvalue weighted by molar-refractivity contribution is 5.97. The summed E-state index contributed by atoms with van der Waals surface area (Å²) >= 11 is 0. The van der Waals surface area contributed by atoms with Crippen LogP contribution in [-0.4, -0.2) is 34.0 Å². The normalized spacial score (nSPS) is 12.1. The number of likely N-dealkylation sites (N-methyl/N-ethyl adjacent to an activating group) is 1. The molecule has 0 aliphatic carbocycles. The Morgan fingerprint density at radius 3 is 1.86 bits per heavy atom.